The van der Waals surface area contributed by atoms with Crippen LogP contribution in [-0.4, -0.2) is 40.4 Å². The van der Waals surface area contributed by atoms with E-state index in [0.29, 0.717) is 40.1 Å². The van der Waals surface area contributed by atoms with Gasteiger partial charge in [0.25, 0.3) is 17.4 Å². The zero-order chi connectivity index (χ0) is 23.5. The number of benzene rings is 3. The van der Waals surface area contributed by atoms with Crippen molar-refractivity contribution in [1.29, 1.82) is 0 Å². The van der Waals surface area contributed by atoms with Crippen molar-refractivity contribution in [2.24, 2.45) is 0 Å². The lowest BCUT2D eigenvalue weighted by atomic mass is 10.1. The smallest absolute Gasteiger partial charge is 0.265 e. The number of hydrogen-bond acceptors (Lipinski definition) is 4. The first-order valence-electron chi connectivity index (χ1n) is 10.5. The van der Waals surface area contributed by atoms with E-state index in [2.05, 4.69) is 10.3 Å². The van der Waals surface area contributed by atoms with Crippen molar-refractivity contribution in [3.8, 4) is 5.69 Å². The normalized spacial score (nSPS) is 10.8. The molecule has 0 aliphatic rings. The van der Waals surface area contributed by atoms with Gasteiger partial charge in [0.2, 0.25) is 0 Å². The fourth-order valence-electron chi connectivity index (χ4n) is 3.62. The number of amides is 2. The predicted octanol–water partition coefficient (Wildman–Crippen LogP) is 3.33. The van der Waals surface area contributed by atoms with Gasteiger partial charge in [-0.25, -0.2) is 4.98 Å². The summed E-state index contributed by atoms with van der Waals surface area (Å²) < 4.78 is 1.54. The van der Waals surface area contributed by atoms with Crippen LogP contribution in [0.2, 0.25) is 0 Å². The average Bonchev–Trinajstić information content (AvgIpc) is 2.83. The highest BCUT2D eigenvalue weighted by molar-refractivity contribution is 5.95. The first-order chi connectivity index (χ1) is 15.8. The quantitative estimate of drug-likeness (QED) is 0.516. The van der Waals surface area contributed by atoms with Gasteiger partial charge in [-0.15, -0.1) is 0 Å². The summed E-state index contributed by atoms with van der Waals surface area (Å²) >= 11 is 0. The van der Waals surface area contributed by atoms with E-state index >= 15 is 0 Å². The molecule has 0 bridgehead atoms. The van der Waals surface area contributed by atoms with Crippen molar-refractivity contribution < 1.29 is 9.59 Å². The topological polar surface area (TPSA) is 84.3 Å². The third kappa shape index (κ3) is 4.52. The number of para-hydroxylation sites is 1. The van der Waals surface area contributed by atoms with Crippen LogP contribution >= 0.6 is 0 Å². The highest BCUT2D eigenvalue weighted by Gasteiger charge is 2.12. The van der Waals surface area contributed by atoms with Crippen LogP contribution in [0.3, 0.4) is 0 Å². The first kappa shape index (κ1) is 22.0. The summed E-state index contributed by atoms with van der Waals surface area (Å²) in [7, 11) is 3.41. The fourth-order valence-corrected chi connectivity index (χ4v) is 3.62. The average molecular weight is 441 g/mol. The molecule has 1 N–H and O–H groups in total. The van der Waals surface area contributed by atoms with Crippen molar-refractivity contribution >= 4 is 22.7 Å². The van der Waals surface area contributed by atoms with Crippen LogP contribution in [-0.2, 0) is 6.54 Å². The number of nitrogens with one attached hydrogen (secondary N) is 1. The highest BCUT2D eigenvalue weighted by Crippen LogP contribution is 2.14. The Morgan fingerprint density at radius 3 is 2.21 bits per heavy atom. The molecule has 33 heavy (non-hydrogen) atoms. The monoisotopic (exact) mass is 440 g/mol. The SMILES string of the molecule is Cc1nc2ccccc2c(=O)n1-c1ccc(C(=O)NCc2ccc(C(=O)N(C)C)cc2)cc1. The van der Waals surface area contributed by atoms with Gasteiger partial charge in [0.1, 0.15) is 5.82 Å². The van der Waals surface area contributed by atoms with Gasteiger partial charge >= 0.3 is 0 Å². The number of aromatic nitrogens is 2. The lowest BCUT2D eigenvalue weighted by molar-refractivity contribution is 0.0827. The lowest BCUT2D eigenvalue weighted by Gasteiger charge is -2.12. The summed E-state index contributed by atoms with van der Waals surface area (Å²) in [5, 5.41) is 3.42. The molecule has 166 valence electrons. The van der Waals surface area contributed by atoms with E-state index in [-0.39, 0.29) is 17.4 Å². The minimum absolute atomic E-state index is 0.0679. The van der Waals surface area contributed by atoms with Crippen molar-refractivity contribution in [1.82, 2.24) is 19.8 Å². The Morgan fingerprint density at radius 2 is 1.55 bits per heavy atom. The zero-order valence-electron chi connectivity index (χ0n) is 18.7. The molecule has 4 rings (SSSR count). The van der Waals surface area contributed by atoms with Gasteiger partial charge in [0.05, 0.1) is 16.6 Å². The molecule has 0 unspecified atom stereocenters. The van der Waals surface area contributed by atoms with E-state index in [1.54, 1.807) is 68.1 Å². The largest absolute Gasteiger partial charge is 0.348 e. The molecule has 4 aromatic rings. The molecule has 7 nitrogen and oxygen atoms in total. The minimum Gasteiger partial charge on any atom is -0.348 e. The van der Waals surface area contributed by atoms with Crippen LogP contribution < -0.4 is 10.9 Å². The molecule has 0 spiro atoms. The molecule has 1 heterocycles. The van der Waals surface area contributed by atoms with Gasteiger partial charge in [0, 0.05) is 31.8 Å². The number of hydrogen-bond donors (Lipinski definition) is 1. The summed E-state index contributed by atoms with van der Waals surface area (Å²) in [5.74, 6) is 0.282. The number of rotatable bonds is 5. The molecular weight excluding hydrogens is 416 g/mol. The third-order valence-corrected chi connectivity index (χ3v) is 5.39. The second-order valence-corrected chi connectivity index (χ2v) is 7.94. The van der Waals surface area contributed by atoms with E-state index in [1.165, 1.54) is 4.90 Å². The first-order valence-corrected chi connectivity index (χ1v) is 10.5. The summed E-state index contributed by atoms with van der Waals surface area (Å²) in [6.07, 6.45) is 0. The van der Waals surface area contributed by atoms with E-state index in [9.17, 15) is 14.4 Å². The molecule has 0 aliphatic heterocycles. The Hall–Kier alpha value is -4.26. The molecule has 7 heteroatoms. The van der Waals surface area contributed by atoms with Gasteiger partial charge in [-0.2, -0.15) is 0 Å². The number of carbonyl (C=O) groups excluding carboxylic acids is 2. The van der Waals surface area contributed by atoms with Gasteiger partial charge < -0.3 is 10.2 Å². The zero-order valence-corrected chi connectivity index (χ0v) is 18.7. The van der Waals surface area contributed by atoms with E-state index in [1.807, 2.05) is 30.3 Å². The Labute approximate surface area is 191 Å². The van der Waals surface area contributed by atoms with Gasteiger partial charge in [0.15, 0.2) is 0 Å². The second kappa shape index (κ2) is 9.08. The summed E-state index contributed by atoms with van der Waals surface area (Å²) in [6, 6.07) is 21.2. The lowest BCUT2D eigenvalue weighted by Crippen LogP contribution is -2.24. The Balaban J connectivity index is 1.48. The fraction of sp³-hybridized carbons (Fsp3) is 0.154. The maximum Gasteiger partial charge on any atom is 0.265 e. The molecule has 0 radical (unpaired) electrons. The summed E-state index contributed by atoms with van der Waals surface area (Å²) in [6.45, 7) is 2.12. The number of fused-ring (bicyclic) bond motifs is 1. The predicted molar refractivity (Wildman–Crippen MR) is 128 cm³/mol. The van der Waals surface area contributed by atoms with Crippen LogP contribution in [0.15, 0.2) is 77.6 Å². The Bertz CT molecular complexity index is 1390. The number of carbonyl (C=O) groups is 2. The molecule has 3 aromatic carbocycles. The molecule has 2 amide bonds. The number of aryl methyl sites for hydroxylation is 1. The molecule has 0 fully saturated rings. The summed E-state index contributed by atoms with van der Waals surface area (Å²) in [5.41, 5.74) is 3.13. The van der Waals surface area contributed by atoms with E-state index in [0.717, 1.165) is 5.56 Å². The van der Waals surface area contributed by atoms with Gasteiger partial charge in [-0.3, -0.25) is 19.0 Å². The molecule has 0 saturated carbocycles. The minimum atomic E-state index is -0.226. The molecule has 0 aliphatic carbocycles. The standard InChI is InChI=1S/C26H24N4O3/c1-17-28-23-7-5-4-6-22(23)26(33)30(17)21-14-12-19(13-15-21)24(31)27-16-18-8-10-20(11-9-18)25(32)29(2)3/h4-15H,16H2,1-3H3,(H,27,31). The Kier molecular flexibility index (Phi) is 6.04. The van der Waals surface area contributed by atoms with Crippen LogP contribution in [0.1, 0.15) is 32.1 Å². The van der Waals surface area contributed by atoms with Crippen molar-refractivity contribution in [3.05, 3.63) is 106 Å². The number of nitrogens with zero attached hydrogens (tertiary/aromatic N) is 3. The van der Waals surface area contributed by atoms with Gasteiger partial charge in [-0.05, 0) is 61.0 Å². The Morgan fingerprint density at radius 1 is 0.909 bits per heavy atom. The van der Waals surface area contributed by atoms with Crippen molar-refractivity contribution in [2.75, 3.05) is 14.1 Å². The molecule has 0 saturated heterocycles. The van der Waals surface area contributed by atoms with Crippen LogP contribution in [0, 0.1) is 6.92 Å². The van der Waals surface area contributed by atoms with Gasteiger partial charge in [-0.1, -0.05) is 24.3 Å². The third-order valence-electron chi connectivity index (χ3n) is 5.39. The molecule has 1 aromatic heterocycles. The highest BCUT2D eigenvalue weighted by atomic mass is 16.2. The van der Waals surface area contributed by atoms with E-state index in [4.69, 9.17) is 0 Å². The van der Waals surface area contributed by atoms with Crippen LogP contribution in [0.4, 0.5) is 0 Å². The van der Waals surface area contributed by atoms with Crippen molar-refractivity contribution in [3.63, 3.8) is 0 Å². The second-order valence-electron chi connectivity index (χ2n) is 7.94. The summed E-state index contributed by atoms with van der Waals surface area (Å²) in [4.78, 5) is 43.5. The molecule has 0 atom stereocenters. The van der Waals surface area contributed by atoms with E-state index < -0.39 is 0 Å². The maximum absolute atomic E-state index is 13.0. The molecular formula is C26H24N4O3. The van der Waals surface area contributed by atoms with Crippen LogP contribution in [0.5, 0.6) is 0 Å². The van der Waals surface area contributed by atoms with Crippen molar-refractivity contribution in [2.45, 2.75) is 13.5 Å². The maximum atomic E-state index is 13.0. The van der Waals surface area contributed by atoms with Crippen LogP contribution in [0.25, 0.3) is 16.6 Å².